The second kappa shape index (κ2) is 8.21. The predicted octanol–water partition coefficient (Wildman–Crippen LogP) is 5.72. The summed E-state index contributed by atoms with van der Waals surface area (Å²) in [6.07, 6.45) is 8.12. The van der Waals surface area contributed by atoms with Gasteiger partial charge in [0.1, 0.15) is 0 Å². The normalized spacial score (nSPS) is 13.6. The first-order valence-electron chi connectivity index (χ1n) is 7.08. The molecule has 0 aliphatic heterocycles. The number of hydrogen-bond acceptors (Lipinski definition) is 1. The van der Waals surface area contributed by atoms with Crippen molar-refractivity contribution in [1.82, 2.24) is 0 Å². The molecule has 0 radical (unpaired) electrons. The average molecular weight is 267 g/mol. The topological polar surface area (TPSA) is 12.0 Å². The molecule has 1 aromatic carbocycles. The molecule has 0 aliphatic rings. The molecule has 1 nitrogen and oxygen atoms in total. The van der Waals surface area contributed by atoms with Crippen LogP contribution in [-0.2, 0) is 0 Å². The third kappa shape index (κ3) is 4.58. The fourth-order valence-electron chi connectivity index (χ4n) is 2.14. The van der Waals surface area contributed by atoms with Gasteiger partial charge in [-0.2, -0.15) is 0 Å². The minimum absolute atomic E-state index is 0.464. The molecule has 0 spiro atoms. The second-order valence-electron chi connectivity index (χ2n) is 5.04. The number of benzene rings is 1. The molecule has 0 amide bonds. The number of nitrogens with one attached hydrogen (secondary N) is 1. The first-order chi connectivity index (χ1) is 9.60. The Balaban J connectivity index is 3.19. The first-order valence-corrected chi connectivity index (χ1v) is 7.08. The van der Waals surface area contributed by atoms with Gasteiger partial charge in [-0.3, -0.25) is 0 Å². The van der Waals surface area contributed by atoms with Crippen molar-refractivity contribution in [3.63, 3.8) is 0 Å². The van der Waals surface area contributed by atoms with Gasteiger partial charge in [0.2, 0.25) is 0 Å². The molecule has 1 N–H and O–H groups in total. The minimum atomic E-state index is 0.464. The molecule has 0 fully saturated rings. The number of anilines is 1. The zero-order valence-electron chi connectivity index (χ0n) is 13.0. The summed E-state index contributed by atoms with van der Waals surface area (Å²) >= 11 is 0. The number of allylic oxidation sites excluding steroid dienone is 6. The van der Waals surface area contributed by atoms with Crippen molar-refractivity contribution in [3.8, 4) is 0 Å². The average Bonchev–Trinajstić information content (AvgIpc) is 2.44. The highest BCUT2D eigenvalue weighted by molar-refractivity contribution is 5.54. The van der Waals surface area contributed by atoms with Gasteiger partial charge in [-0.05, 0) is 49.1 Å². The van der Waals surface area contributed by atoms with E-state index in [0.29, 0.717) is 5.92 Å². The number of hydrogen-bond donors (Lipinski definition) is 1. The van der Waals surface area contributed by atoms with Crippen LogP contribution in [0.15, 0.2) is 78.1 Å². The summed E-state index contributed by atoms with van der Waals surface area (Å²) in [5, 5.41) is 3.49. The molecule has 1 aromatic rings. The lowest BCUT2D eigenvalue weighted by molar-refractivity contribution is 0.775. The molecule has 1 rings (SSSR count). The monoisotopic (exact) mass is 267 g/mol. The van der Waals surface area contributed by atoms with Gasteiger partial charge in [0.25, 0.3) is 0 Å². The Hall–Kier alpha value is -2.02. The van der Waals surface area contributed by atoms with Crippen LogP contribution in [0.4, 0.5) is 5.69 Å². The van der Waals surface area contributed by atoms with Gasteiger partial charge < -0.3 is 5.32 Å². The quantitative estimate of drug-likeness (QED) is 0.650. The van der Waals surface area contributed by atoms with E-state index in [4.69, 9.17) is 0 Å². The van der Waals surface area contributed by atoms with E-state index in [1.807, 2.05) is 31.2 Å². The van der Waals surface area contributed by atoms with E-state index in [-0.39, 0.29) is 0 Å². The van der Waals surface area contributed by atoms with Crippen molar-refractivity contribution >= 4 is 5.69 Å². The van der Waals surface area contributed by atoms with Gasteiger partial charge in [0.05, 0.1) is 0 Å². The van der Waals surface area contributed by atoms with Crippen molar-refractivity contribution < 1.29 is 0 Å². The van der Waals surface area contributed by atoms with Gasteiger partial charge in [0.15, 0.2) is 0 Å². The van der Waals surface area contributed by atoms with E-state index in [9.17, 15) is 0 Å². The van der Waals surface area contributed by atoms with Crippen molar-refractivity contribution in [3.05, 3.63) is 78.1 Å². The predicted molar refractivity (Wildman–Crippen MR) is 90.7 cm³/mol. The molecule has 0 bridgehead atoms. The van der Waals surface area contributed by atoms with Crippen LogP contribution in [0, 0.1) is 5.92 Å². The van der Waals surface area contributed by atoms with E-state index >= 15 is 0 Å². The zero-order chi connectivity index (χ0) is 15.0. The van der Waals surface area contributed by atoms with Crippen LogP contribution in [0.5, 0.6) is 0 Å². The molecule has 0 atom stereocenters. The van der Waals surface area contributed by atoms with Crippen molar-refractivity contribution in [2.45, 2.75) is 27.7 Å². The van der Waals surface area contributed by atoms with Crippen LogP contribution >= 0.6 is 0 Å². The molecule has 0 aliphatic carbocycles. The fraction of sp³-hybridized carbons (Fsp3) is 0.263. The van der Waals surface area contributed by atoms with Crippen LogP contribution in [0.2, 0.25) is 0 Å². The molecule has 0 heterocycles. The van der Waals surface area contributed by atoms with E-state index in [0.717, 1.165) is 11.4 Å². The smallest absolute Gasteiger partial charge is 0.0413 e. The Kier molecular flexibility index (Phi) is 6.58. The van der Waals surface area contributed by atoms with E-state index in [1.165, 1.54) is 11.1 Å². The Morgan fingerprint density at radius 3 is 2.35 bits per heavy atom. The van der Waals surface area contributed by atoms with E-state index in [1.54, 1.807) is 0 Å². The van der Waals surface area contributed by atoms with Crippen LogP contribution in [-0.4, -0.2) is 0 Å². The van der Waals surface area contributed by atoms with Gasteiger partial charge in [-0.15, -0.1) is 0 Å². The second-order valence-corrected chi connectivity index (χ2v) is 5.04. The molecule has 0 saturated carbocycles. The van der Waals surface area contributed by atoms with Crippen LogP contribution in [0.25, 0.3) is 0 Å². The highest BCUT2D eigenvalue weighted by Crippen LogP contribution is 2.24. The molecule has 106 valence electrons. The van der Waals surface area contributed by atoms with Crippen molar-refractivity contribution in [1.29, 1.82) is 0 Å². The summed E-state index contributed by atoms with van der Waals surface area (Å²) in [6.45, 7) is 12.4. The van der Waals surface area contributed by atoms with Crippen LogP contribution < -0.4 is 5.32 Å². The van der Waals surface area contributed by atoms with E-state index in [2.05, 4.69) is 63.0 Å². The molecular weight excluding hydrogens is 242 g/mol. The van der Waals surface area contributed by atoms with Gasteiger partial charge in [-0.25, -0.2) is 0 Å². The van der Waals surface area contributed by atoms with Crippen LogP contribution in [0.3, 0.4) is 0 Å². The molecule has 1 heteroatoms. The Labute approximate surface area is 123 Å². The molecule has 0 aromatic heterocycles. The Bertz CT molecular complexity index is 516. The first kappa shape index (κ1) is 16.0. The Morgan fingerprint density at radius 2 is 1.85 bits per heavy atom. The Morgan fingerprint density at radius 1 is 1.20 bits per heavy atom. The molecule has 0 saturated heterocycles. The maximum absolute atomic E-state index is 3.82. The maximum Gasteiger partial charge on any atom is 0.0413 e. The standard InChI is InChI=1S/C19H25N/c1-6-11-18(15(3)4)16(5)19(12-7-2)20-17-13-9-8-10-14-17/h6-15,20H,1H2,2-5H3/b12-7-,18-11-,19-16-. The zero-order valence-corrected chi connectivity index (χ0v) is 13.0. The largest absolute Gasteiger partial charge is 0.355 e. The summed E-state index contributed by atoms with van der Waals surface area (Å²) in [5.41, 5.74) is 4.78. The molecule has 0 unspecified atom stereocenters. The molecule has 20 heavy (non-hydrogen) atoms. The third-order valence-corrected chi connectivity index (χ3v) is 3.14. The highest BCUT2D eigenvalue weighted by Gasteiger charge is 2.09. The lowest BCUT2D eigenvalue weighted by Gasteiger charge is -2.17. The fourth-order valence-corrected chi connectivity index (χ4v) is 2.14. The summed E-state index contributed by atoms with van der Waals surface area (Å²) in [5.74, 6) is 0.464. The lowest BCUT2D eigenvalue weighted by Crippen LogP contribution is -2.05. The maximum atomic E-state index is 3.82. The number of para-hydroxylation sites is 1. The SMILES string of the molecule is C=C\C=C(/C(C)=C(/C=C\C)Nc1ccccc1)C(C)C. The summed E-state index contributed by atoms with van der Waals surface area (Å²) in [7, 11) is 0. The van der Waals surface area contributed by atoms with Crippen molar-refractivity contribution in [2.24, 2.45) is 5.92 Å². The third-order valence-electron chi connectivity index (χ3n) is 3.14. The molecular formula is C19H25N. The number of rotatable bonds is 6. The van der Waals surface area contributed by atoms with Crippen molar-refractivity contribution in [2.75, 3.05) is 5.32 Å². The van der Waals surface area contributed by atoms with Crippen LogP contribution in [0.1, 0.15) is 27.7 Å². The highest BCUT2D eigenvalue weighted by atomic mass is 14.9. The lowest BCUT2D eigenvalue weighted by atomic mass is 9.94. The summed E-state index contributed by atoms with van der Waals surface area (Å²) < 4.78 is 0. The van der Waals surface area contributed by atoms with Gasteiger partial charge in [-0.1, -0.05) is 56.9 Å². The van der Waals surface area contributed by atoms with Gasteiger partial charge in [0, 0.05) is 11.4 Å². The summed E-state index contributed by atoms with van der Waals surface area (Å²) in [6, 6.07) is 10.2. The van der Waals surface area contributed by atoms with E-state index < -0.39 is 0 Å². The van der Waals surface area contributed by atoms with Gasteiger partial charge >= 0.3 is 0 Å². The minimum Gasteiger partial charge on any atom is -0.355 e. The summed E-state index contributed by atoms with van der Waals surface area (Å²) in [4.78, 5) is 0.